The number of unbranched alkanes of at least 4 members (excludes halogenated alkanes) is 1. The fraction of sp³-hybridized carbons (Fsp3) is 0.625. The summed E-state index contributed by atoms with van der Waals surface area (Å²) in [6.07, 6.45) is 8.82. The Morgan fingerprint density at radius 2 is 2.18 bits per heavy atom. The van der Waals surface area contributed by atoms with Crippen LogP contribution in [0, 0.1) is 0 Å². The van der Waals surface area contributed by atoms with Crippen LogP contribution in [0.4, 0.5) is 0 Å². The average molecular weight is 173 g/mol. The first-order valence-electron chi connectivity index (χ1n) is 3.84. The SMILES string of the molecule is CCCCn1cc[n+](C)c1.S. The molecule has 0 radical (unpaired) electrons. The largest absolute Gasteiger partial charge is 0.243 e. The third kappa shape index (κ3) is 3.46. The molecule has 0 spiro atoms. The third-order valence-corrected chi connectivity index (χ3v) is 1.59. The number of hydrogen-bond acceptors (Lipinski definition) is 0. The van der Waals surface area contributed by atoms with E-state index in [2.05, 4.69) is 34.8 Å². The molecule has 0 N–H and O–H groups in total. The second-order valence-electron chi connectivity index (χ2n) is 2.67. The van der Waals surface area contributed by atoms with Gasteiger partial charge < -0.3 is 0 Å². The number of nitrogens with zero attached hydrogens (tertiary/aromatic N) is 2. The van der Waals surface area contributed by atoms with Gasteiger partial charge in [0.15, 0.2) is 0 Å². The summed E-state index contributed by atoms with van der Waals surface area (Å²) in [5, 5.41) is 0. The number of rotatable bonds is 3. The molecule has 0 aliphatic heterocycles. The summed E-state index contributed by atoms with van der Waals surface area (Å²) in [5.41, 5.74) is 0. The maximum atomic E-state index is 2.21. The lowest BCUT2D eigenvalue weighted by molar-refractivity contribution is -0.671. The van der Waals surface area contributed by atoms with Gasteiger partial charge in [0.05, 0.1) is 13.6 Å². The van der Waals surface area contributed by atoms with E-state index in [1.807, 2.05) is 7.05 Å². The first-order chi connectivity index (χ1) is 4.83. The van der Waals surface area contributed by atoms with Crippen LogP contribution < -0.4 is 4.57 Å². The highest BCUT2D eigenvalue weighted by atomic mass is 32.1. The second kappa shape index (κ2) is 5.24. The zero-order valence-corrected chi connectivity index (χ0v) is 8.25. The van der Waals surface area contributed by atoms with Crippen LogP contribution in [0.5, 0.6) is 0 Å². The van der Waals surface area contributed by atoms with Crippen LogP contribution in [-0.4, -0.2) is 4.57 Å². The molecule has 0 aliphatic carbocycles. The fourth-order valence-electron chi connectivity index (χ4n) is 0.975. The average Bonchev–Trinajstić information content (AvgIpc) is 2.31. The molecule has 64 valence electrons. The second-order valence-corrected chi connectivity index (χ2v) is 2.67. The Bertz CT molecular complexity index is 196. The molecule has 0 saturated heterocycles. The molecule has 1 rings (SSSR count). The van der Waals surface area contributed by atoms with Gasteiger partial charge in [0.1, 0.15) is 12.4 Å². The van der Waals surface area contributed by atoms with E-state index in [0.29, 0.717) is 0 Å². The molecule has 0 amide bonds. The predicted octanol–water partition coefficient (Wildman–Crippen LogP) is 1.23. The fourth-order valence-corrected chi connectivity index (χ4v) is 0.975. The number of hydrogen-bond donors (Lipinski definition) is 0. The van der Waals surface area contributed by atoms with E-state index in [1.54, 1.807) is 0 Å². The maximum absolute atomic E-state index is 2.21. The zero-order valence-electron chi connectivity index (χ0n) is 7.25. The van der Waals surface area contributed by atoms with Crippen molar-refractivity contribution in [2.45, 2.75) is 26.3 Å². The summed E-state index contributed by atoms with van der Waals surface area (Å²) >= 11 is 0. The molecule has 0 atom stereocenters. The summed E-state index contributed by atoms with van der Waals surface area (Å²) in [7, 11) is 2.04. The molecule has 1 aromatic heterocycles. The summed E-state index contributed by atoms with van der Waals surface area (Å²) in [4.78, 5) is 0. The van der Waals surface area contributed by atoms with Gasteiger partial charge in [-0.15, -0.1) is 0 Å². The van der Waals surface area contributed by atoms with Crippen LogP contribution in [0.1, 0.15) is 19.8 Å². The molecule has 3 heteroatoms. The molecule has 11 heavy (non-hydrogen) atoms. The molecule has 0 unspecified atom stereocenters. The number of aromatic nitrogens is 2. The highest BCUT2D eigenvalue weighted by Crippen LogP contribution is 1.91. The molecule has 0 aliphatic rings. The van der Waals surface area contributed by atoms with Crippen molar-refractivity contribution in [1.29, 1.82) is 0 Å². The molecular formula is C8H17N2S+. The molecule has 0 aromatic carbocycles. The molecule has 1 heterocycles. The van der Waals surface area contributed by atoms with Gasteiger partial charge in [-0.05, 0) is 6.42 Å². The minimum Gasteiger partial charge on any atom is -0.240 e. The lowest BCUT2D eigenvalue weighted by Gasteiger charge is -1.90. The van der Waals surface area contributed by atoms with Crippen molar-refractivity contribution in [1.82, 2.24) is 4.57 Å². The van der Waals surface area contributed by atoms with Crippen LogP contribution in [-0.2, 0) is 13.6 Å². The van der Waals surface area contributed by atoms with Crippen LogP contribution >= 0.6 is 13.5 Å². The van der Waals surface area contributed by atoms with Crippen molar-refractivity contribution >= 4 is 13.5 Å². The Kier molecular flexibility index (Phi) is 5.03. The summed E-state index contributed by atoms with van der Waals surface area (Å²) in [6, 6.07) is 0. The summed E-state index contributed by atoms with van der Waals surface area (Å²) < 4.78 is 4.28. The maximum Gasteiger partial charge on any atom is 0.243 e. The predicted molar refractivity (Wildman–Crippen MR) is 50.9 cm³/mol. The lowest BCUT2D eigenvalue weighted by atomic mass is 10.3. The van der Waals surface area contributed by atoms with Gasteiger partial charge in [-0.25, -0.2) is 9.13 Å². The smallest absolute Gasteiger partial charge is 0.240 e. The van der Waals surface area contributed by atoms with Gasteiger partial charge in [-0.2, -0.15) is 13.5 Å². The van der Waals surface area contributed by atoms with Crippen LogP contribution in [0.2, 0.25) is 0 Å². The van der Waals surface area contributed by atoms with E-state index in [0.717, 1.165) is 6.54 Å². The minimum absolute atomic E-state index is 0. The topological polar surface area (TPSA) is 8.81 Å². The van der Waals surface area contributed by atoms with Gasteiger partial charge in [-0.1, -0.05) is 13.3 Å². The zero-order chi connectivity index (χ0) is 7.40. The Hall–Kier alpha value is -0.440. The van der Waals surface area contributed by atoms with Gasteiger partial charge in [0.2, 0.25) is 6.33 Å². The third-order valence-electron chi connectivity index (χ3n) is 1.59. The van der Waals surface area contributed by atoms with Gasteiger partial charge in [0.25, 0.3) is 0 Å². The van der Waals surface area contributed by atoms with E-state index < -0.39 is 0 Å². The van der Waals surface area contributed by atoms with E-state index in [1.165, 1.54) is 12.8 Å². The van der Waals surface area contributed by atoms with Crippen molar-refractivity contribution in [3.05, 3.63) is 18.7 Å². The number of aryl methyl sites for hydroxylation is 2. The Labute approximate surface area is 75.3 Å². The molecule has 1 aromatic rings. The van der Waals surface area contributed by atoms with E-state index in [4.69, 9.17) is 0 Å². The number of imidazole rings is 1. The van der Waals surface area contributed by atoms with Gasteiger partial charge in [-0.3, -0.25) is 0 Å². The highest BCUT2D eigenvalue weighted by molar-refractivity contribution is 7.59. The molecular weight excluding hydrogens is 156 g/mol. The standard InChI is InChI=1S/C8H15N2.H2S/c1-3-4-5-10-7-6-9(2)8-10;/h6-8H,3-5H2,1-2H3;1H2/q+1;. The Balaban J connectivity index is 0.000001000. The Morgan fingerprint density at radius 1 is 1.45 bits per heavy atom. The minimum atomic E-state index is 0. The van der Waals surface area contributed by atoms with Crippen molar-refractivity contribution in [3.8, 4) is 0 Å². The van der Waals surface area contributed by atoms with Crippen molar-refractivity contribution in [2.75, 3.05) is 0 Å². The molecule has 2 nitrogen and oxygen atoms in total. The lowest BCUT2D eigenvalue weighted by Crippen LogP contribution is -2.23. The molecule has 0 saturated carbocycles. The monoisotopic (exact) mass is 173 g/mol. The molecule has 0 bridgehead atoms. The van der Waals surface area contributed by atoms with Gasteiger partial charge in [0, 0.05) is 0 Å². The summed E-state index contributed by atoms with van der Waals surface area (Å²) in [6.45, 7) is 3.36. The van der Waals surface area contributed by atoms with E-state index in [-0.39, 0.29) is 13.5 Å². The Morgan fingerprint density at radius 3 is 2.64 bits per heavy atom. The van der Waals surface area contributed by atoms with Crippen LogP contribution in [0.25, 0.3) is 0 Å². The normalized spacial score (nSPS) is 9.27. The van der Waals surface area contributed by atoms with Crippen molar-refractivity contribution in [3.63, 3.8) is 0 Å². The van der Waals surface area contributed by atoms with Gasteiger partial charge >= 0.3 is 0 Å². The first-order valence-corrected chi connectivity index (χ1v) is 3.84. The quantitative estimate of drug-likeness (QED) is 0.608. The van der Waals surface area contributed by atoms with Crippen molar-refractivity contribution in [2.24, 2.45) is 7.05 Å². The first kappa shape index (κ1) is 10.6. The van der Waals surface area contributed by atoms with E-state index >= 15 is 0 Å². The molecule has 0 fully saturated rings. The highest BCUT2D eigenvalue weighted by Gasteiger charge is 1.96. The summed E-state index contributed by atoms with van der Waals surface area (Å²) in [5.74, 6) is 0. The van der Waals surface area contributed by atoms with E-state index in [9.17, 15) is 0 Å². The van der Waals surface area contributed by atoms with Crippen molar-refractivity contribution < 1.29 is 4.57 Å². The van der Waals surface area contributed by atoms with Crippen LogP contribution in [0.15, 0.2) is 18.7 Å². The van der Waals surface area contributed by atoms with Crippen LogP contribution in [0.3, 0.4) is 0 Å².